The molecule has 0 spiro atoms. The summed E-state index contributed by atoms with van der Waals surface area (Å²) in [5, 5.41) is 9.37. The molecule has 4 nitrogen and oxygen atoms in total. The van der Waals surface area contributed by atoms with Crippen LogP contribution in [0.5, 0.6) is 5.75 Å². The van der Waals surface area contributed by atoms with Gasteiger partial charge in [-0.25, -0.2) is 4.79 Å². The molecule has 0 aromatic heterocycles. The Labute approximate surface area is 186 Å². The fraction of sp³-hybridized carbons (Fsp3) is 0.407. The maximum Gasteiger partial charge on any atom is 0.336 e. The summed E-state index contributed by atoms with van der Waals surface area (Å²) in [5.74, 6) is -0.592. The number of rotatable bonds is 12. The molecule has 2 aromatic rings. The number of allylic oxidation sites excluding steroid dienone is 1. The van der Waals surface area contributed by atoms with Crippen LogP contribution in [-0.2, 0) is 6.42 Å². The molecular weight excluding hydrogens is 388 g/mol. The number of carboxylic acids is 1. The number of aryl methyl sites for hydroxylation is 1. The number of hydrogen-bond donors (Lipinski definition) is 1. The average molecular weight is 423 g/mol. The van der Waals surface area contributed by atoms with Crippen LogP contribution in [0.2, 0.25) is 0 Å². The summed E-state index contributed by atoms with van der Waals surface area (Å²) in [7, 11) is 0. The Kier molecular flexibility index (Phi) is 9.51. The van der Waals surface area contributed by atoms with Crippen molar-refractivity contribution in [2.45, 2.75) is 72.3 Å². The molecule has 0 aliphatic rings. The molecule has 2 aromatic carbocycles. The van der Waals surface area contributed by atoms with Gasteiger partial charge in [0, 0.05) is 16.7 Å². The van der Waals surface area contributed by atoms with E-state index in [1.807, 2.05) is 38.1 Å². The fourth-order valence-corrected chi connectivity index (χ4v) is 3.50. The van der Waals surface area contributed by atoms with Crippen molar-refractivity contribution in [2.75, 3.05) is 0 Å². The molecule has 0 saturated heterocycles. The van der Waals surface area contributed by atoms with E-state index in [1.54, 1.807) is 25.1 Å². The van der Waals surface area contributed by atoms with Crippen molar-refractivity contribution < 1.29 is 19.4 Å². The average Bonchev–Trinajstić information content (AvgIpc) is 2.73. The van der Waals surface area contributed by atoms with Gasteiger partial charge in [0.05, 0.1) is 11.7 Å². The highest BCUT2D eigenvalue weighted by atomic mass is 16.5. The van der Waals surface area contributed by atoms with Gasteiger partial charge >= 0.3 is 5.97 Å². The van der Waals surface area contributed by atoms with Crippen molar-refractivity contribution in [3.8, 4) is 5.75 Å². The van der Waals surface area contributed by atoms with Gasteiger partial charge in [0.25, 0.3) is 0 Å². The number of benzene rings is 2. The molecule has 31 heavy (non-hydrogen) atoms. The van der Waals surface area contributed by atoms with E-state index in [4.69, 9.17) is 4.74 Å². The predicted octanol–water partition coefficient (Wildman–Crippen LogP) is 6.89. The fourth-order valence-electron chi connectivity index (χ4n) is 3.50. The van der Waals surface area contributed by atoms with E-state index < -0.39 is 5.97 Å². The molecule has 166 valence electrons. The summed E-state index contributed by atoms with van der Waals surface area (Å²) in [4.78, 5) is 24.1. The van der Waals surface area contributed by atoms with Crippen molar-refractivity contribution in [2.24, 2.45) is 0 Å². The summed E-state index contributed by atoms with van der Waals surface area (Å²) >= 11 is 0. The molecule has 1 N–H and O–H groups in total. The zero-order chi connectivity index (χ0) is 22.8. The maximum absolute atomic E-state index is 12.6. The lowest BCUT2D eigenvalue weighted by molar-refractivity contribution is 0.0695. The van der Waals surface area contributed by atoms with Crippen molar-refractivity contribution in [3.05, 3.63) is 70.3 Å². The second-order valence-corrected chi connectivity index (χ2v) is 8.19. The molecule has 0 bridgehead atoms. The molecule has 0 radical (unpaired) electrons. The highest BCUT2D eigenvalue weighted by Gasteiger charge is 2.16. The van der Waals surface area contributed by atoms with Crippen LogP contribution in [0.25, 0.3) is 6.08 Å². The minimum Gasteiger partial charge on any atom is -0.490 e. The first-order valence-corrected chi connectivity index (χ1v) is 11.2. The number of unbranched alkanes of at least 4 members (excludes halogenated alkanes) is 4. The van der Waals surface area contributed by atoms with E-state index in [-0.39, 0.29) is 17.5 Å². The number of carbonyl (C=O) groups is 2. The topological polar surface area (TPSA) is 63.6 Å². The largest absolute Gasteiger partial charge is 0.490 e. The van der Waals surface area contributed by atoms with Gasteiger partial charge in [-0.1, -0.05) is 62.9 Å². The third-order valence-corrected chi connectivity index (χ3v) is 5.24. The predicted molar refractivity (Wildman–Crippen MR) is 126 cm³/mol. The molecule has 2 rings (SSSR count). The Bertz CT molecular complexity index is 908. The Morgan fingerprint density at radius 3 is 2.29 bits per heavy atom. The molecule has 0 unspecified atom stereocenters. The zero-order valence-electron chi connectivity index (χ0n) is 19.1. The lowest BCUT2D eigenvalue weighted by Gasteiger charge is -2.16. The van der Waals surface area contributed by atoms with Gasteiger partial charge in [0.2, 0.25) is 0 Å². The summed E-state index contributed by atoms with van der Waals surface area (Å²) in [6.45, 7) is 7.71. The number of carboxylic acid groups (broad SMARTS) is 1. The Balaban J connectivity index is 2.10. The van der Waals surface area contributed by atoms with Gasteiger partial charge in [-0.05, 0) is 57.4 Å². The van der Waals surface area contributed by atoms with E-state index in [1.165, 1.54) is 43.7 Å². The van der Waals surface area contributed by atoms with Gasteiger partial charge in [-0.2, -0.15) is 0 Å². The highest BCUT2D eigenvalue weighted by molar-refractivity contribution is 6.07. The van der Waals surface area contributed by atoms with Gasteiger partial charge in [0.15, 0.2) is 5.78 Å². The second-order valence-electron chi connectivity index (χ2n) is 8.19. The van der Waals surface area contributed by atoms with Crippen LogP contribution in [0.15, 0.2) is 42.5 Å². The second kappa shape index (κ2) is 12.1. The molecule has 0 heterocycles. The molecule has 0 aliphatic heterocycles. The van der Waals surface area contributed by atoms with Crippen molar-refractivity contribution in [1.29, 1.82) is 0 Å². The SMILES string of the molecule is CCCCCCCc1ccc(C(=O)/C=C/c2ccc(C(=O)O)c(C)c2OC(C)C)cc1. The van der Waals surface area contributed by atoms with Crippen molar-refractivity contribution in [1.82, 2.24) is 0 Å². The molecule has 0 saturated carbocycles. The number of ether oxygens (including phenoxy) is 1. The molecule has 0 fully saturated rings. The van der Waals surface area contributed by atoms with Crippen LogP contribution >= 0.6 is 0 Å². The maximum atomic E-state index is 12.6. The molecule has 4 heteroatoms. The summed E-state index contributed by atoms with van der Waals surface area (Å²) in [5.41, 5.74) is 3.33. The first kappa shape index (κ1) is 24.4. The summed E-state index contributed by atoms with van der Waals surface area (Å²) < 4.78 is 5.86. The third-order valence-electron chi connectivity index (χ3n) is 5.24. The smallest absolute Gasteiger partial charge is 0.336 e. The van der Waals surface area contributed by atoms with Gasteiger partial charge < -0.3 is 9.84 Å². The lowest BCUT2D eigenvalue weighted by atomic mass is 10.0. The highest BCUT2D eigenvalue weighted by Crippen LogP contribution is 2.29. The van der Waals surface area contributed by atoms with E-state index in [0.29, 0.717) is 22.4 Å². The van der Waals surface area contributed by atoms with Crippen LogP contribution in [0.3, 0.4) is 0 Å². The monoisotopic (exact) mass is 422 g/mol. The third kappa shape index (κ3) is 7.39. The van der Waals surface area contributed by atoms with Crippen LogP contribution in [0.4, 0.5) is 0 Å². The van der Waals surface area contributed by atoms with Crippen LogP contribution in [0, 0.1) is 6.92 Å². The number of ketones is 1. The first-order chi connectivity index (χ1) is 14.8. The summed E-state index contributed by atoms with van der Waals surface area (Å²) in [6.07, 6.45) is 10.4. The van der Waals surface area contributed by atoms with Gasteiger partial charge in [-0.3, -0.25) is 4.79 Å². The Morgan fingerprint density at radius 1 is 1.00 bits per heavy atom. The van der Waals surface area contributed by atoms with Crippen LogP contribution < -0.4 is 4.74 Å². The number of aromatic carboxylic acids is 1. The van der Waals surface area contributed by atoms with Crippen molar-refractivity contribution >= 4 is 17.8 Å². The van der Waals surface area contributed by atoms with Crippen molar-refractivity contribution in [3.63, 3.8) is 0 Å². The molecule has 0 amide bonds. The normalized spacial score (nSPS) is 11.3. The number of hydrogen-bond acceptors (Lipinski definition) is 3. The van der Waals surface area contributed by atoms with Gasteiger partial charge in [-0.15, -0.1) is 0 Å². The Hall–Kier alpha value is -2.88. The van der Waals surface area contributed by atoms with Crippen LogP contribution in [0.1, 0.15) is 90.3 Å². The molecular formula is C27H34O4. The van der Waals surface area contributed by atoms with E-state index in [0.717, 1.165) is 6.42 Å². The quantitative estimate of drug-likeness (QED) is 0.230. The molecule has 0 aliphatic carbocycles. The van der Waals surface area contributed by atoms with E-state index in [2.05, 4.69) is 6.92 Å². The van der Waals surface area contributed by atoms with E-state index in [9.17, 15) is 14.7 Å². The standard InChI is InChI=1S/C27H34O4/c1-5-6-7-8-9-10-21-11-13-22(14-12-21)25(28)18-16-23-15-17-24(27(29)30)20(4)26(23)31-19(2)3/h11-19H,5-10H2,1-4H3,(H,29,30)/b18-16+. The van der Waals surface area contributed by atoms with E-state index >= 15 is 0 Å². The first-order valence-electron chi connectivity index (χ1n) is 11.2. The zero-order valence-corrected chi connectivity index (χ0v) is 19.1. The Morgan fingerprint density at radius 2 is 1.68 bits per heavy atom. The lowest BCUT2D eigenvalue weighted by Crippen LogP contribution is -2.10. The summed E-state index contributed by atoms with van der Waals surface area (Å²) in [6, 6.07) is 11.0. The number of carbonyl (C=O) groups excluding carboxylic acids is 1. The minimum absolute atomic E-state index is 0.0926. The molecule has 0 atom stereocenters. The van der Waals surface area contributed by atoms with Crippen LogP contribution in [-0.4, -0.2) is 23.0 Å². The van der Waals surface area contributed by atoms with Gasteiger partial charge in [0.1, 0.15) is 5.75 Å². The minimum atomic E-state index is -0.997.